The van der Waals surface area contributed by atoms with E-state index in [1.807, 2.05) is 11.8 Å². The molecule has 28 heavy (non-hydrogen) atoms. The smallest absolute Gasteiger partial charge is 0.335 e. The second-order valence-corrected chi connectivity index (χ2v) is 7.73. The lowest BCUT2D eigenvalue weighted by atomic mass is 10.1. The van der Waals surface area contributed by atoms with Crippen LogP contribution in [0.2, 0.25) is 0 Å². The molecular weight excluding hydrogens is 370 g/mol. The van der Waals surface area contributed by atoms with Gasteiger partial charge in [-0.05, 0) is 67.3 Å². The van der Waals surface area contributed by atoms with Gasteiger partial charge in [0, 0.05) is 9.79 Å². The first-order valence-electron chi connectivity index (χ1n) is 9.33. The Hall–Kier alpha value is -2.92. The van der Waals surface area contributed by atoms with Gasteiger partial charge in [-0.15, -0.1) is 0 Å². The first-order chi connectivity index (χ1) is 13.7. The largest absolute Gasteiger partial charge is 0.494 e. The Morgan fingerprint density at radius 2 is 1.71 bits per heavy atom. The standard InChI is InChI=1S/C23H21NO3S/c25-23(26)17-11-13-18(14-12-17)27-15-4-3-6-16-7-5-10-21-22(16)24-19-8-1-2-9-20(19)28-21/h1-2,5,7-14,24H,3-4,6,15H2,(H,25,26). The van der Waals surface area contributed by atoms with Gasteiger partial charge in [-0.3, -0.25) is 0 Å². The molecule has 1 aliphatic heterocycles. The number of nitrogens with one attached hydrogen (secondary N) is 1. The first-order valence-corrected chi connectivity index (χ1v) is 10.1. The summed E-state index contributed by atoms with van der Waals surface area (Å²) in [7, 11) is 0. The van der Waals surface area contributed by atoms with Crippen LogP contribution in [0.15, 0.2) is 76.5 Å². The van der Waals surface area contributed by atoms with Crippen molar-refractivity contribution in [3.63, 3.8) is 0 Å². The Morgan fingerprint density at radius 3 is 2.54 bits per heavy atom. The Morgan fingerprint density at radius 1 is 0.929 bits per heavy atom. The van der Waals surface area contributed by atoms with Crippen LogP contribution in [0.4, 0.5) is 11.4 Å². The van der Waals surface area contributed by atoms with Crippen LogP contribution < -0.4 is 10.1 Å². The Balaban J connectivity index is 1.30. The number of benzene rings is 3. The summed E-state index contributed by atoms with van der Waals surface area (Å²) in [5, 5.41) is 12.5. The van der Waals surface area contributed by atoms with Crippen LogP contribution in [0, 0.1) is 0 Å². The van der Waals surface area contributed by atoms with Gasteiger partial charge in [0.15, 0.2) is 0 Å². The molecule has 0 bridgehead atoms. The van der Waals surface area contributed by atoms with Crippen molar-refractivity contribution in [1.29, 1.82) is 0 Å². The van der Waals surface area contributed by atoms with Gasteiger partial charge in [-0.1, -0.05) is 36.0 Å². The summed E-state index contributed by atoms with van der Waals surface area (Å²) < 4.78 is 5.73. The van der Waals surface area contributed by atoms with E-state index in [1.54, 1.807) is 24.3 Å². The molecule has 0 radical (unpaired) electrons. The highest BCUT2D eigenvalue weighted by Crippen LogP contribution is 2.45. The van der Waals surface area contributed by atoms with E-state index in [4.69, 9.17) is 9.84 Å². The Bertz CT molecular complexity index is 985. The van der Waals surface area contributed by atoms with E-state index in [0.717, 1.165) is 19.3 Å². The second-order valence-electron chi connectivity index (χ2n) is 6.65. The molecule has 0 aromatic heterocycles. The predicted molar refractivity (Wildman–Crippen MR) is 112 cm³/mol. The summed E-state index contributed by atoms with van der Waals surface area (Å²) in [6.45, 7) is 0.618. The lowest BCUT2D eigenvalue weighted by Gasteiger charge is -2.23. The fourth-order valence-corrected chi connectivity index (χ4v) is 4.27. The van der Waals surface area contributed by atoms with Gasteiger partial charge < -0.3 is 15.2 Å². The third-order valence-corrected chi connectivity index (χ3v) is 5.83. The van der Waals surface area contributed by atoms with Crippen LogP contribution in [0.1, 0.15) is 28.8 Å². The third kappa shape index (κ3) is 4.15. The predicted octanol–water partition coefficient (Wildman–Crippen LogP) is 5.99. The quantitative estimate of drug-likeness (QED) is 0.379. The molecule has 5 heteroatoms. The zero-order chi connectivity index (χ0) is 19.3. The molecule has 1 heterocycles. The first kappa shape index (κ1) is 18.4. The summed E-state index contributed by atoms with van der Waals surface area (Å²) in [6, 6.07) is 21.4. The lowest BCUT2D eigenvalue weighted by molar-refractivity contribution is 0.0697. The number of para-hydroxylation sites is 2. The number of unbranched alkanes of at least 4 members (excludes halogenated alkanes) is 1. The fraction of sp³-hybridized carbons (Fsp3) is 0.174. The van der Waals surface area contributed by atoms with Gasteiger partial charge in [0.05, 0.1) is 23.5 Å². The summed E-state index contributed by atoms with van der Waals surface area (Å²) >= 11 is 1.81. The van der Waals surface area contributed by atoms with Crippen molar-refractivity contribution in [2.75, 3.05) is 11.9 Å². The average molecular weight is 391 g/mol. The molecule has 0 atom stereocenters. The molecule has 4 nitrogen and oxygen atoms in total. The van der Waals surface area contributed by atoms with Crippen LogP contribution in [-0.4, -0.2) is 17.7 Å². The molecule has 2 N–H and O–H groups in total. The normalized spacial score (nSPS) is 11.9. The van der Waals surface area contributed by atoms with Gasteiger partial charge in [0.1, 0.15) is 5.75 Å². The second kappa shape index (κ2) is 8.40. The number of rotatable bonds is 7. The van der Waals surface area contributed by atoms with E-state index in [-0.39, 0.29) is 5.56 Å². The molecule has 142 valence electrons. The number of anilines is 2. The molecule has 0 amide bonds. The minimum absolute atomic E-state index is 0.271. The van der Waals surface area contributed by atoms with Crippen LogP contribution >= 0.6 is 11.8 Å². The maximum Gasteiger partial charge on any atom is 0.335 e. The monoisotopic (exact) mass is 391 g/mol. The number of carboxylic acids is 1. The molecule has 0 unspecified atom stereocenters. The minimum Gasteiger partial charge on any atom is -0.494 e. The molecule has 0 fully saturated rings. The van der Waals surface area contributed by atoms with Crippen molar-refractivity contribution >= 4 is 29.1 Å². The van der Waals surface area contributed by atoms with Crippen LogP contribution in [-0.2, 0) is 6.42 Å². The molecule has 1 aliphatic rings. The molecule has 0 spiro atoms. The van der Waals surface area contributed by atoms with Crippen molar-refractivity contribution in [3.8, 4) is 5.75 Å². The molecule has 3 aromatic carbocycles. The highest BCUT2D eigenvalue weighted by Gasteiger charge is 2.17. The Labute approximate surface area is 168 Å². The van der Waals surface area contributed by atoms with Crippen molar-refractivity contribution < 1.29 is 14.6 Å². The highest BCUT2D eigenvalue weighted by atomic mass is 32.2. The van der Waals surface area contributed by atoms with Gasteiger partial charge in [0.2, 0.25) is 0 Å². The third-order valence-electron chi connectivity index (χ3n) is 4.69. The number of hydrogen-bond donors (Lipinski definition) is 2. The van der Waals surface area contributed by atoms with E-state index in [9.17, 15) is 4.79 Å². The zero-order valence-electron chi connectivity index (χ0n) is 15.4. The van der Waals surface area contributed by atoms with Gasteiger partial charge in [-0.2, -0.15) is 0 Å². The minimum atomic E-state index is -0.924. The summed E-state index contributed by atoms with van der Waals surface area (Å²) in [5.74, 6) is -0.219. The van der Waals surface area contributed by atoms with Gasteiger partial charge in [-0.25, -0.2) is 4.79 Å². The maximum atomic E-state index is 10.9. The molecular formula is C23H21NO3S. The molecule has 0 saturated carbocycles. The van der Waals surface area contributed by atoms with Crippen LogP contribution in [0.5, 0.6) is 5.75 Å². The lowest BCUT2D eigenvalue weighted by Crippen LogP contribution is -2.04. The summed E-state index contributed by atoms with van der Waals surface area (Å²) in [5.41, 5.74) is 3.98. The number of ether oxygens (including phenoxy) is 1. The number of carbonyl (C=O) groups is 1. The summed E-state index contributed by atoms with van der Waals surface area (Å²) in [4.78, 5) is 13.4. The van der Waals surface area contributed by atoms with Crippen LogP contribution in [0.25, 0.3) is 0 Å². The molecule has 0 aliphatic carbocycles. The zero-order valence-corrected chi connectivity index (χ0v) is 16.2. The number of aryl methyl sites for hydroxylation is 1. The van der Waals surface area contributed by atoms with E-state index < -0.39 is 5.97 Å². The fourth-order valence-electron chi connectivity index (χ4n) is 3.23. The van der Waals surface area contributed by atoms with Crippen molar-refractivity contribution in [1.82, 2.24) is 0 Å². The van der Waals surface area contributed by atoms with Crippen molar-refractivity contribution in [2.24, 2.45) is 0 Å². The van der Waals surface area contributed by atoms with E-state index in [1.165, 1.54) is 26.7 Å². The van der Waals surface area contributed by atoms with Crippen LogP contribution in [0.3, 0.4) is 0 Å². The van der Waals surface area contributed by atoms with Crippen molar-refractivity contribution in [3.05, 3.63) is 77.9 Å². The molecule has 0 saturated heterocycles. The number of fused-ring (bicyclic) bond motifs is 2. The highest BCUT2D eigenvalue weighted by molar-refractivity contribution is 7.99. The number of hydrogen-bond acceptors (Lipinski definition) is 4. The maximum absolute atomic E-state index is 10.9. The van der Waals surface area contributed by atoms with Crippen molar-refractivity contribution in [2.45, 2.75) is 29.1 Å². The summed E-state index contributed by atoms with van der Waals surface area (Å²) in [6.07, 6.45) is 2.95. The SMILES string of the molecule is O=C(O)c1ccc(OCCCCc2cccc3c2Nc2ccccc2S3)cc1. The molecule has 4 rings (SSSR count). The average Bonchev–Trinajstić information content (AvgIpc) is 2.72. The van der Waals surface area contributed by atoms with E-state index in [0.29, 0.717) is 12.4 Å². The number of carboxylic acid groups (broad SMARTS) is 1. The van der Waals surface area contributed by atoms with E-state index >= 15 is 0 Å². The molecule has 3 aromatic rings. The number of aromatic carboxylic acids is 1. The van der Waals surface area contributed by atoms with Gasteiger partial charge >= 0.3 is 5.97 Å². The topological polar surface area (TPSA) is 58.6 Å². The van der Waals surface area contributed by atoms with Gasteiger partial charge in [0.25, 0.3) is 0 Å². The Kier molecular flexibility index (Phi) is 5.53. The van der Waals surface area contributed by atoms with E-state index in [2.05, 4.69) is 47.8 Å².